The Balaban J connectivity index is 1.83. The van der Waals surface area contributed by atoms with E-state index in [0.717, 1.165) is 39.1 Å². The van der Waals surface area contributed by atoms with Crippen LogP contribution in [0.15, 0.2) is 0 Å². The fourth-order valence-electron chi connectivity index (χ4n) is 2.55. The number of hydrogen-bond acceptors (Lipinski definition) is 3. The number of piperazine rings is 1. The molecule has 4 heteroatoms. The average molecular weight is 211 g/mol. The van der Waals surface area contributed by atoms with E-state index in [9.17, 15) is 4.79 Å². The summed E-state index contributed by atoms with van der Waals surface area (Å²) in [5.41, 5.74) is 0. The van der Waals surface area contributed by atoms with Gasteiger partial charge in [-0.15, -0.1) is 0 Å². The van der Waals surface area contributed by atoms with Crippen LogP contribution in [0.25, 0.3) is 0 Å². The number of nitrogens with zero attached hydrogens (tertiary/aromatic N) is 1. The highest BCUT2D eigenvalue weighted by Crippen LogP contribution is 2.19. The average Bonchev–Trinajstić information content (AvgIpc) is 2.30. The molecule has 0 bridgehead atoms. The Kier molecular flexibility index (Phi) is 3.59. The summed E-state index contributed by atoms with van der Waals surface area (Å²) in [4.78, 5) is 13.6. The molecule has 2 unspecified atom stereocenters. The Morgan fingerprint density at radius 2 is 2.13 bits per heavy atom. The minimum absolute atomic E-state index is 0.221. The molecule has 2 heterocycles. The van der Waals surface area contributed by atoms with Crippen molar-refractivity contribution in [1.29, 1.82) is 0 Å². The first-order valence-electron chi connectivity index (χ1n) is 5.99. The van der Waals surface area contributed by atoms with Crippen LogP contribution in [0.2, 0.25) is 0 Å². The largest absolute Gasteiger partial charge is 0.356 e. The Hall–Kier alpha value is -0.610. The van der Waals surface area contributed by atoms with Crippen molar-refractivity contribution in [3.8, 4) is 0 Å². The Morgan fingerprint density at radius 3 is 2.73 bits per heavy atom. The standard InChI is InChI=1S/C11H21N3O/c1-9(14-6-4-12-5-7-14)10-2-3-11(15)13-8-10/h9-10,12H,2-8H2,1H3,(H,13,15). The molecule has 0 radical (unpaired) electrons. The molecule has 0 aliphatic carbocycles. The minimum Gasteiger partial charge on any atom is -0.356 e. The number of nitrogens with one attached hydrogen (secondary N) is 2. The topological polar surface area (TPSA) is 44.4 Å². The number of carbonyl (C=O) groups excluding carboxylic acids is 1. The molecule has 2 aliphatic heterocycles. The van der Waals surface area contributed by atoms with Crippen LogP contribution in [0.3, 0.4) is 0 Å². The molecule has 2 atom stereocenters. The smallest absolute Gasteiger partial charge is 0.220 e. The third kappa shape index (κ3) is 2.69. The van der Waals surface area contributed by atoms with Crippen LogP contribution >= 0.6 is 0 Å². The first-order chi connectivity index (χ1) is 7.27. The third-order valence-electron chi connectivity index (χ3n) is 3.71. The molecule has 2 aliphatic rings. The zero-order chi connectivity index (χ0) is 10.7. The molecule has 86 valence electrons. The predicted octanol–water partition coefficient (Wildman–Crippen LogP) is -0.194. The lowest BCUT2D eigenvalue weighted by Crippen LogP contribution is -2.52. The maximum atomic E-state index is 11.1. The van der Waals surface area contributed by atoms with Gasteiger partial charge in [0.25, 0.3) is 0 Å². The second-order valence-corrected chi connectivity index (χ2v) is 4.63. The van der Waals surface area contributed by atoms with E-state index in [4.69, 9.17) is 0 Å². The summed E-state index contributed by atoms with van der Waals surface area (Å²) in [6, 6.07) is 0.604. The molecular formula is C11H21N3O. The first kappa shape index (κ1) is 10.9. The van der Waals surface area contributed by atoms with E-state index in [-0.39, 0.29) is 5.91 Å². The second-order valence-electron chi connectivity index (χ2n) is 4.63. The summed E-state index contributed by atoms with van der Waals surface area (Å²) >= 11 is 0. The van der Waals surface area contributed by atoms with E-state index >= 15 is 0 Å². The SMILES string of the molecule is CC(C1CCC(=O)NC1)N1CCNCC1. The zero-order valence-electron chi connectivity index (χ0n) is 9.46. The van der Waals surface area contributed by atoms with Gasteiger partial charge in [-0.3, -0.25) is 9.69 Å². The summed E-state index contributed by atoms with van der Waals surface area (Å²) < 4.78 is 0. The number of amides is 1. The lowest BCUT2D eigenvalue weighted by atomic mass is 9.91. The van der Waals surface area contributed by atoms with E-state index in [2.05, 4.69) is 22.5 Å². The fraction of sp³-hybridized carbons (Fsp3) is 0.909. The second kappa shape index (κ2) is 4.94. The zero-order valence-corrected chi connectivity index (χ0v) is 9.46. The van der Waals surface area contributed by atoms with Crippen molar-refractivity contribution in [2.24, 2.45) is 5.92 Å². The first-order valence-corrected chi connectivity index (χ1v) is 5.99. The van der Waals surface area contributed by atoms with Crippen molar-refractivity contribution in [1.82, 2.24) is 15.5 Å². The van der Waals surface area contributed by atoms with Gasteiger partial charge in [-0.2, -0.15) is 0 Å². The van der Waals surface area contributed by atoms with E-state index in [1.165, 1.54) is 0 Å². The lowest BCUT2D eigenvalue weighted by molar-refractivity contribution is -0.123. The Bertz CT molecular complexity index is 216. The number of carbonyl (C=O) groups is 1. The monoisotopic (exact) mass is 211 g/mol. The lowest BCUT2D eigenvalue weighted by Gasteiger charge is -2.38. The van der Waals surface area contributed by atoms with Crippen molar-refractivity contribution in [2.45, 2.75) is 25.8 Å². The maximum Gasteiger partial charge on any atom is 0.220 e. The molecule has 2 saturated heterocycles. The number of hydrogen-bond donors (Lipinski definition) is 2. The van der Waals surface area contributed by atoms with Crippen molar-refractivity contribution in [3.63, 3.8) is 0 Å². The number of piperidine rings is 1. The van der Waals surface area contributed by atoms with Gasteiger partial charge in [0.15, 0.2) is 0 Å². The van der Waals surface area contributed by atoms with Crippen molar-refractivity contribution < 1.29 is 4.79 Å². The van der Waals surface area contributed by atoms with Gasteiger partial charge in [0.1, 0.15) is 0 Å². The van der Waals surface area contributed by atoms with Crippen LogP contribution in [0.4, 0.5) is 0 Å². The van der Waals surface area contributed by atoms with Crippen LogP contribution in [0, 0.1) is 5.92 Å². The highest BCUT2D eigenvalue weighted by Gasteiger charge is 2.27. The molecule has 0 aromatic carbocycles. The molecule has 2 rings (SSSR count). The highest BCUT2D eigenvalue weighted by atomic mass is 16.1. The van der Waals surface area contributed by atoms with Gasteiger partial charge in [0.2, 0.25) is 5.91 Å². The van der Waals surface area contributed by atoms with Crippen molar-refractivity contribution in [3.05, 3.63) is 0 Å². The molecule has 0 aromatic heterocycles. The summed E-state index contributed by atoms with van der Waals surface area (Å²) in [7, 11) is 0. The molecule has 15 heavy (non-hydrogen) atoms. The van der Waals surface area contributed by atoms with Crippen LogP contribution in [0.1, 0.15) is 19.8 Å². The highest BCUT2D eigenvalue weighted by molar-refractivity contribution is 5.76. The van der Waals surface area contributed by atoms with E-state index in [1.54, 1.807) is 0 Å². The molecular weight excluding hydrogens is 190 g/mol. The van der Waals surface area contributed by atoms with Crippen LogP contribution in [-0.2, 0) is 4.79 Å². The summed E-state index contributed by atoms with van der Waals surface area (Å²) in [6.45, 7) is 7.65. The molecule has 0 aromatic rings. The predicted molar refractivity (Wildman–Crippen MR) is 59.6 cm³/mol. The molecule has 1 amide bonds. The Morgan fingerprint density at radius 1 is 1.40 bits per heavy atom. The van der Waals surface area contributed by atoms with Crippen molar-refractivity contribution >= 4 is 5.91 Å². The Labute approximate surface area is 91.4 Å². The molecule has 2 N–H and O–H groups in total. The molecule has 0 saturated carbocycles. The van der Waals surface area contributed by atoms with Crippen LogP contribution in [-0.4, -0.2) is 49.6 Å². The molecule has 0 spiro atoms. The van der Waals surface area contributed by atoms with E-state index in [0.29, 0.717) is 18.4 Å². The summed E-state index contributed by atoms with van der Waals surface area (Å²) in [5.74, 6) is 0.861. The van der Waals surface area contributed by atoms with Gasteiger partial charge >= 0.3 is 0 Å². The van der Waals surface area contributed by atoms with Crippen LogP contribution in [0.5, 0.6) is 0 Å². The van der Waals surface area contributed by atoms with Crippen molar-refractivity contribution in [2.75, 3.05) is 32.7 Å². The minimum atomic E-state index is 0.221. The van der Waals surface area contributed by atoms with Gasteiger partial charge in [-0.05, 0) is 19.3 Å². The summed E-state index contributed by atoms with van der Waals surface area (Å²) in [6.07, 6.45) is 1.76. The van der Waals surface area contributed by atoms with Gasteiger partial charge in [-0.1, -0.05) is 0 Å². The van der Waals surface area contributed by atoms with Gasteiger partial charge in [-0.25, -0.2) is 0 Å². The maximum absolute atomic E-state index is 11.1. The molecule has 4 nitrogen and oxygen atoms in total. The normalized spacial score (nSPS) is 31.0. The van der Waals surface area contributed by atoms with E-state index in [1.807, 2.05) is 0 Å². The third-order valence-corrected chi connectivity index (χ3v) is 3.71. The molecule has 2 fully saturated rings. The fourth-order valence-corrected chi connectivity index (χ4v) is 2.55. The summed E-state index contributed by atoms with van der Waals surface area (Å²) in [5, 5.41) is 6.34. The van der Waals surface area contributed by atoms with E-state index < -0.39 is 0 Å². The van der Waals surface area contributed by atoms with Crippen LogP contribution < -0.4 is 10.6 Å². The van der Waals surface area contributed by atoms with Gasteiger partial charge in [0, 0.05) is 45.2 Å². The van der Waals surface area contributed by atoms with Gasteiger partial charge in [0.05, 0.1) is 0 Å². The quantitative estimate of drug-likeness (QED) is 0.665. The number of rotatable bonds is 2. The van der Waals surface area contributed by atoms with Gasteiger partial charge < -0.3 is 10.6 Å².